The second-order valence-electron chi connectivity index (χ2n) is 8.09. The van der Waals surface area contributed by atoms with Gasteiger partial charge >= 0.3 is 0 Å². The van der Waals surface area contributed by atoms with Gasteiger partial charge in [0.05, 0.1) is 11.5 Å². The first-order chi connectivity index (χ1) is 17.4. The number of halogens is 2. The lowest BCUT2D eigenvalue weighted by molar-refractivity contribution is -0.122. The summed E-state index contributed by atoms with van der Waals surface area (Å²) in [5, 5.41) is -0.264. The van der Waals surface area contributed by atoms with E-state index in [-0.39, 0.29) is 23.6 Å². The van der Waals surface area contributed by atoms with Crippen molar-refractivity contribution in [1.82, 2.24) is 4.90 Å². The molecule has 5 nitrogen and oxygen atoms in total. The number of rotatable bonds is 10. The number of benzene rings is 3. The van der Waals surface area contributed by atoms with Gasteiger partial charge in [0.1, 0.15) is 12.4 Å². The highest BCUT2D eigenvalue weighted by Crippen LogP contribution is 2.38. The maximum absolute atomic E-state index is 13.2. The van der Waals surface area contributed by atoms with Crippen LogP contribution in [0.15, 0.2) is 76.1 Å². The van der Waals surface area contributed by atoms with E-state index in [0.717, 1.165) is 23.7 Å². The monoisotopic (exact) mass is 569 g/mol. The maximum Gasteiger partial charge on any atom is 0.293 e. The summed E-state index contributed by atoms with van der Waals surface area (Å²) in [6.45, 7) is 2.91. The third-order valence-electron chi connectivity index (χ3n) is 5.52. The highest BCUT2D eigenvalue weighted by atomic mass is 79.9. The lowest BCUT2D eigenvalue weighted by Gasteiger charge is -2.14. The zero-order valence-electron chi connectivity index (χ0n) is 19.7. The fourth-order valence-corrected chi connectivity index (χ4v) is 5.00. The quantitative estimate of drug-likeness (QED) is 0.241. The van der Waals surface area contributed by atoms with Crippen molar-refractivity contribution in [3.8, 4) is 11.5 Å². The molecule has 0 aliphatic carbocycles. The molecule has 3 aromatic rings. The summed E-state index contributed by atoms with van der Waals surface area (Å²) in [5.74, 6) is 0.427. The average Bonchev–Trinajstić information content (AvgIpc) is 3.14. The minimum absolute atomic E-state index is 0.244. The molecule has 1 heterocycles. The Labute approximate surface area is 222 Å². The van der Waals surface area contributed by atoms with Gasteiger partial charge in [0.25, 0.3) is 11.1 Å². The van der Waals surface area contributed by atoms with E-state index in [4.69, 9.17) is 9.47 Å². The second-order valence-corrected chi connectivity index (χ2v) is 9.94. The summed E-state index contributed by atoms with van der Waals surface area (Å²) >= 11 is 4.48. The molecular formula is C28H25BrFNO4S. The molecular weight excluding hydrogens is 545 g/mol. The van der Waals surface area contributed by atoms with Crippen molar-refractivity contribution in [3.05, 3.63) is 98.6 Å². The van der Waals surface area contributed by atoms with Crippen molar-refractivity contribution in [2.24, 2.45) is 0 Å². The molecule has 0 atom stereocenters. The van der Waals surface area contributed by atoms with Gasteiger partial charge in [-0.05, 0) is 78.6 Å². The molecule has 0 aromatic heterocycles. The Bertz CT molecular complexity index is 1260. The fraction of sp³-hybridized carbons (Fsp3) is 0.214. The molecule has 1 fully saturated rings. The van der Waals surface area contributed by atoms with Crippen LogP contribution in [0.25, 0.3) is 6.08 Å². The van der Waals surface area contributed by atoms with Gasteiger partial charge < -0.3 is 9.47 Å². The summed E-state index contributed by atoms with van der Waals surface area (Å²) in [5.41, 5.74) is 2.69. The number of ether oxygens (including phenoxy) is 2. The summed E-state index contributed by atoms with van der Waals surface area (Å²) in [6.07, 6.45) is 3.19. The molecule has 0 N–H and O–H groups in total. The van der Waals surface area contributed by atoms with Gasteiger partial charge in [-0.2, -0.15) is 0 Å². The zero-order chi connectivity index (χ0) is 25.5. The van der Waals surface area contributed by atoms with Crippen LogP contribution in [0.2, 0.25) is 0 Å². The summed E-state index contributed by atoms with van der Waals surface area (Å²) in [7, 11) is 0. The Balaban J connectivity index is 1.46. The standard InChI is InChI=1S/C28H25BrFNO4S/c1-2-34-24-15-21(23(29)17-25(24)35-18-20-10-12-22(30)13-11-20)16-26-27(32)31(28(33)36-26)14-6-9-19-7-4-3-5-8-19/h3-5,7-8,10-13,15-17H,2,6,9,14,18H2,1H3/b26-16+. The minimum atomic E-state index is -0.304. The third kappa shape index (κ3) is 6.56. The van der Waals surface area contributed by atoms with E-state index in [1.807, 2.05) is 37.3 Å². The number of carbonyl (C=O) groups is 2. The Hall–Kier alpha value is -3.10. The average molecular weight is 570 g/mol. The van der Waals surface area contributed by atoms with Crippen molar-refractivity contribution >= 4 is 44.9 Å². The predicted octanol–water partition coefficient (Wildman–Crippen LogP) is 7.24. The van der Waals surface area contributed by atoms with Crippen LogP contribution < -0.4 is 9.47 Å². The highest BCUT2D eigenvalue weighted by molar-refractivity contribution is 9.10. The van der Waals surface area contributed by atoms with Crippen LogP contribution in [0.3, 0.4) is 0 Å². The van der Waals surface area contributed by atoms with Crippen LogP contribution in [0, 0.1) is 5.82 Å². The largest absolute Gasteiger partial charge is 0.490 e. The lowest BCUT2D eigenvalue weighted by Crippen LogP contribution is -2.29. The third-order valence-corrected chi connectivity index (χ3v) is 7.11. The van der Waals surface area contributed by atoms with Gasteiger partial charge in [-0.1, -0.05) is 58.4 Å². The summed E-state index contributed by atoms with van der Waals surface area (Å²) in [6, 6.07) is 19.6. The molecule has 186 valence electrons. The molecule has 1 aliphatic rings. The van der Waals surface area contributed by atoms with Gasteiger partial charge in [0.15, 0.2) is 11.5 Å². The number of hydrogen-bond donors (Lipinski definition) is 0. The van der Waals surface area contributed by atoms with Crippen LogP contribution in [0.4, 0.5) is 9.18 Å². The van der Waals surface area contributed by atoms with E-state index in [0.29, 0.717) is 46.0 Å². The van der Waals surface area contributed by atoms with E-state index in [1.165, 1.54) is 22.6 Å². The SMILES string of the molecule is CCOc1cc(/C=C2/SC(=O)N(CCCc3ccccc3)C2=O)c(Br)cc1OCc1ccc(F)cc1. The van der Waals surface area contributed by atoms with Crippen molar-refractivity contribution in [1.29, 1.82) is 0 Å². The molecule has 3 aromatic carbocycles. The maximum atomic E-state index is 13.2. The Morgan fingerprint density at radius 2 is 1.69 bits per heavy atom. The first-order valence-corrected chi connectivity index (χ1v) is 13.2. The van der Waals surface area contributed by atoms with Crippen LogP contribution in [-0.2, 0) is 17.8 Å². The number of thioether (sulfide) groups is 1. The van der Waals surface area contributed by atoms with Gasteiger partial charge in [-0.15, -0.1) is 0 Å². The number of amides is 2. The first kappa shape index (κ1) is 26.0. The van der Waals surface area contributed by atoms with E-state index in [1.54, 1.807) is 30.3 Å². The van der Waals surface area contributed by atoms with Gasteiger partial charge in [-0.3, -0.25) is 14.5 Å². The topological polar surface area (TPSA) is 55.8 Å². The molecule has 0 saturated carbocycles. The van der Waals surface area contributed by atoms with Crippen LogP contribution >= 0.6 is 27.7 Å². The Morgan fingerprint density at radius 1 is 0.972 bits per heavy atom. The van der Waals surface area contributed by atoms with Gasteiger partial charge in [-0.25, -0.2) is 4.39 Å². The van der Waals surface area contributed by atoms with Crippen molar-refractivity contribution in [3.63, 3.8) is 0 Å². The predicted molar refractivity (Wildman–Crippen MR) is 143 cm³/mol. The van der Waals surface area contributed by atoms with Crippen LogP contribution in [0.5, 0.6) is 11.5 Å². The Morgan fingerprint density at radius 3 is 2.42 bits per heavy atom. The van der Waals surface area contributed by atoms with E-state index < -0.39 is 0 Å². The first-order valence-electron chi connectivity index (χ1n) is 11.6. The highest BCUT2D eigenvalue weighted by Gasteiger charge is 2.34. The number of carbonyl (C=O) groups excluding carboxylic acids is 2. The molecule has 0 radical (unpaired) electrons. The number of aryl methyl sites for hydroxylation is 1. The normalized spacial score (nSPS) is 14.5. The molecule has 0 bridgehead atoms. The number of nitrogens with zero attached hydrogens (tertiary/aromatic N) is 1. The molecule has 4 rings (SSSR count). The van der Waals surface area contributed by atoms with Crippen molar-refractivity contribution < 1.29 is 23.5 Å². The summed E-state index contributed by atoms with van der Waals surface area (Å²) in [4.78, 5) is 27.1. The molecule has 1 aliphatic heterocycles. The van der Waals surface area contributed by atoms with Gasteiger partial charge in [0.2, 0.25) is 0 Å². The van der Waals surface area contributed by atoms with E-state index >= 15 is 0 Å². The smallest absolute Gasteiger partial charge is 0.293 e. The second kappa shape index (κ2) is 12.2. The molecule has 2 amide bonds. The van der Waals surface area contributed by atoms with E-state index in [9.17, 15) is 14.0 Å². The molecule has 1 saturated heterocycles. The minimum Gasteiger partial charge on any atom is -0.490 e. The molecule has 8 heteroatoms. The molecule has 0 unspecified atom stereocenters. The molecule has 0 spiro atoms. The van der Waals surface area contributed by atoms with Crippen molar-refractivity contribution in [2.45, 2.75) is 26.4 Å². The fourth-order valence-electron chi connectivity index (χ4n) is 3.70. The van der Waals surface area contributed by atoms with Crippen molar-refractivity contribution in [2.75, 3.05) is 13.2 Å². The number of imide groups is 1. The molecule has 36 heavy (non-hydrogen) atoms. The lowest BCUT2D eigenvalue weighted by atomic mass is 10.1. The summed E-state index contributed by atoms with van der Waals surface area (Å²) < 4.78 is 25.5. The van der Waals surface area contributed by atoms with E-state index in [2.05, 4.69) is 15.9 Å². The van der Waals surface area contributed by atoms with Gasteiger partial charge in [0, 0.05) is 11.0 Å². The van der Waals surface area contributed by atoms with Crippen LogP contribution in [-0.4, -0.2) is 29.2 Å². The zero-order valence-corrected chi connectivity index (χ0v) is 22.1. The van der Waals surface area contributed by atoms with Crippen LogP contribution in [0.1, 0.15) is 30.0 Å². The number of hydrogen-bond acceptors (Lipinski definition) is 5. The Kier molecular flexibility index (Phi) is 8.83.